The lowest BCUT2D eigenvalue weighted by Gasteiger charge is -2.17. The summed E-state index contributed by atoms with van der Waals surface area (Å²) >= 11 is 0. The van der Waals surface area contributed by atoms with Crippen molar-refractivity contribution in [3.05, 3.63) is 18.2 Å². The highest BCUT2D eigenvalue weighted by molar-refractivity contribution is 5.94. The van der Waals surface area contributed by atoms with Crippen LogP contribution in [0.5, 0.6) is 0 Å². The van der Waals surface area contributed by atoms with E-state index in [1.165, 1.54) is 18.9 Å². The lowest BCUT2D eigenvalue weighted by molar-refractivity contribution is -0.127. The van der Waals surface area contributed by atoms with Crippen molar-refractivity contribution in [2.45, 2.75) is 32.7 Å². The number of hydrogen-bond acceptors (Lipinski definition) is 5. The van der Waals surface area contributed by atoms with Gasteiger partial charge in [0.05, 0.1) is 18.1 Å². The number of anilines is 2. The summed E-state index contributed by atoms with van der Waals surface area (Å²) in [6, 6.07) is 5.52. The summed E-state index contributed by atoms with van der Waals surface area (Å²) in [5.74, 6) is 0.486. The fourth-order valence-corrected chi connectivity index (χ4v) is 3.33. The van der Waals surface area contributed by atoms with Gasteiger partial charge in [-0.3, -0.25) is 14.9 Å². The molecule has 9 nitrogen and oxygen atoms in total. The van der Waals surface area contributed by atoms with Crippen molar-refractivity contribution in [3.8, 4) is 0 Å². The maximum Gasteiger partial charge on any atom is 0.413 e. The van der Waals surface area contributed by atoms with Crippen molar-refractivity contribution < 1.29 is 19.1 Å². The number of carbonyl (C=O) groups excluding carboxylic acids is 3. The first-order valence-corrected chi connectivity index (χ1v) is 9.28. The molecule has 9 heteroatoms. The molecular weight excluding hydrogens is 362 g/mol. The maximum atomic E-state index is 11.8. The molecule has 0 saturated carbocycles. The summed E-state index contributed by atoms with van der Waals surface area (Å²) in [5.41, 5.74) is 2.21. The minimum atomic E-state index is -0.604. The Morgan fingerprint density at radius 1 is 1.32 bits per heavy atom. The van der Waals surface area contributed by atoms with Gasteiger partial charge in [-0.15, -0.1) is 0 Å². The van der Waals surface area contributed by atoms with Crippen LogP contribution in [-0.2, 0) is 20.9 Å². The van der Waals surface area contributed by atoms with E-state index in [2.05, 4.69) is 15.0 Å². The largest absolute Gasteiger partial charge is 0.453 e. The van der Waals surface area contributed by atoms with Crippen LogP contribution >= 0.6 is 0 Å². The predicted octanol–water partition coefficient (Wildman–Crippen LogP) is 2.21. The standard InChI is InChI=1S/C19H25N5O4/c1-13(25)22(2)14-7-8-16-15(12-14)20-18(21-19(27)28-3)24(16)11-5-10-23-9-4-6-17(23)26/h7-8,12H,4-6,9-11H2,1-3H3,(H,20,21,27). The van der Waals surface area contributed by atoms with Crippen LogP contribution in [0.15, 0.2) is 18.2 Å². The number of ether oxygens (including phenoxy) is 1. The normalized spacial score (nSPS) is 13.8. The van der Waals surface area contributed by atoms with Crippen molar-refractivity contribution in [3.63, 3.8) is 0 Å². The monoisotopic (exact) mass is 387 g/mol. The van der Waals surface area contributed by atoms with Gasteiger partial charge in [0.25, 0.3) is 0 Å². The van der Waals surface area contributed by atoms with Crippen molar-refractivity contribution in [2.24, 2.45) is 0 Å². The third-order valence-corrected chi connectivity index (χ3v) is 4.97. The minimum Gasteiger partial charge on any atom is -0.453 e. The fraction of sp³-hybridized carbons (Fsp3) is 0.474. The molecule has 3 amide bonds. The van der Waals surface area contributed by atoms with Gasteiger partial charge < -0.3 is 19.1 Å². The van der Waals surface area contributed by atoms with Crippen LogP contribution in [-0.4, -0.2) is 59.6 Å². The molecule has 2 heterocycles. The van der Waals surface area contributed by atoms with E-state index >= 15 is 0 Å². The molecule has 0 spiro atoms. The SMILES string of the molecule is COC(=O)Nc1nc2cc(N(C)C(C)=O)ccc2n1CCCN1CCCC1=O. The second kappa shape index (κ2) is 8.28. The summed E-state index contributed by atoms with van der Waals surface area (Å²) in [6.45, 7) is 3.55. The Bertz CT molecular complexity index is 907. The van der Waals surface area contributed by atoms with Gasteiger partial charge in [-0.25, -0.2) is 9.78 Å². The zero-order valence-electron chi connectivity index (χ0n) is 16.4. The van der Waals surface area contributed by atoms with Gasteiger partial charge in [0, 0.05) is 45.7 Å². The molecule has 0 aliphatic carbocycles. The average molecular weight is 387 g/mol. The molecule has 1 aromatic heterocycles. The molecule has 1 N–H and O–H groups in total. The molecule has 1 aliphatic heterocycles. The molecule has 28 heavy (non-hydrogen) atoms. The van der Waals surface area contributed by atoms with Gasteiger partial charge in [-0.2, -0.15) is 0 Å². The van der Waals surface area contributed by atoms with Gasteiger partial charge in [0.2, 0.25) is 17.8 Å². The zero-order valence-corrected chi connectivity index (χ0v) is 16.4. The quantitative estimate of drug-likeness (QED) is 0.820. The average Bonchev–Trinajstić information content (AvgIpc) is 3.23. The van der Waals surface area contributed by atoms with Gasteiger partial charge in [-0.1, -0.05) is 0 Å². The number of imidazole rings is 1. The van der Waals surface area contributed by atoms with E-state index in [1.54, 1.807) is 13.1 Å². The number of likely N-dealkylation sites (tertiary alicyclic amines) is 1. The van der Waals surface area contributed by atoms with Crippen molar-refractivity contribution in [1.82, 2.24) is 14.5 Å². The topological polar surface area (TPSA) is 96.8 Å². The smallest absolute Gasteiger partial charge is 0.413 e. The second-order valence-corrected chi connectivity index (χ2v) is 6.79. The first-order valence-electron chi connectivity index (χ1n) is 9.28. The number of aryl methyl sites for hydroxylation is 1. The highest BCUT2D eigenvalue weighted by Crippen LogP contribution is 2.25. The molecule has 0 bridgehead atoms. The number of aromatic nitrogens is 2. The van der Waals surface area contributed by atoms with Crippen molar-refractivity contribution in [2.75, 3.05) is 37.5 Å². The van der Waals surface area contributed by atoms with Crippen molar-refractivity contribution >= 4 is 40.6 Å². The van der Waals surface area contributed by atoms with Crippen LogP contribution in [0, 0.1) is 0 Å². The predicted molar refractivity (Wildman–Crippen MR) is 105 cm³/mol. The highest BCUT2D eigenvalue weighted by Gasteiger charge is 2.20. The third-order valence-electron chi connectivity index (χ3n) is 4.97. The van der Waals surface area contributed by atoms with E-state index in [9.17, 15) is 14.4 Å². The maximum absolute atomic E-state index is 11.8. The Kier molecular flexibility index (Phi) is 5.81. The van der Waals surface area contributed by atoms with Crippen LogP contribution in [0.3, 0.4) is 0 Å². The Morgan fingerprint density at radius 3 is 2.75 bits per heavy atom. The lowest BCUT2D eigenvalue weighted by Crippen LogP contribution is -2.26. The Hall–Kier alpha value is -3.10. The number of rotatable bonds is 6. The number of amides is 3. The number of carbonyl (C=O) groups is 3. The van der Waals surface area contributed by atoms with Gasteiger partial charge >= 0.3 is 6.09 Å². The van der Waals surface area contributed by atoms with Crippen LogP contribution < -0.4 is 10.2 Å². The molecule has 1 fully saturated rings. The number of benzene rings is 1. The third kappa shape index (κ3) is 4.08. The molecule has 0 atom stereocenters. The van der Waals surface area contributed by atoms with Crippen LogP contribution in [0.4, 0.5) is 16.4 Å². The Labute approximate surface area is 163 Å². The first-order chi connectivity index (χ1) is 13.4. The molecular formula is C19H25N5O4. The van der Waals surface area contributed by atoms with Gasteiger partial charge in [0.15, 0.2) is 0 Å². The van der Waals surface area contributed by atoms with Crippen LogP contribution in [0.1, 0.15) is 26.2 Å². The number of methoxy groups -OCH3 is 1. The summed E-state index contributed by atoms with van der Waals surface area (Å²) < 4.78 is 6.58. The van der Waals surface area contributed by atoms with E-state index in [-0.39, 0.29) is 11.8 Å². The molecule has 1 aromatic carbocycles. The van der Waals surface area contributed by atoms with E-state index in [0.717, 1.165) is 30.6 Å². The molecule has 3 rings (SSSR count). The highest BCUT2D eigenvalue weighted by atomic mass is 16.5. The molecule has 2 aromatic rings. The summed E-state index contributed by atoms with van der Waals surface area (Å²) in [7, 11) is 2.99. The molecule has 1 aliphatic rings. The number of nitrogens with one attached hydrogen (secondary N) is 1. The van der Waals surface area contributed by atoms with E-state index in [0.29, 0.717) is 31.0 Å². The van der Waals surface area contributed by atoms with E-state index < -0.39 is 6.09 Å². The summed E-state index contributed by atoms with van der Waals surface area (Å²) in [6.07, 6.45) is 1.67. The van der Waals surface area contributed by atoms with Crippen LogP contribution in [0.2, 0.25) is 0 Å². The molecule has 1 saturated heterocycles. The van der Waals surface area contributed by atoms with E-state index in [1.807, 2.05) is 21.6 Å². The first kappa shape index (κ1) is 19.7. The summed E-state index contributed by atoms with van der Waals surface area (Å²) in [4.78, 5) is 43.0. The number of nitrogens with zero attached hydrogens (tertiary/aromatic N) is 4. The second-order valence-electron chi connectivity index (χ2n) is 6.79. The van der Waals surface area contributed by atoms with Gasteiger partial charge in [0.1, 0.15) is 0 Å². The van der Waals surface area contributed by atoms with E-state index in [4.69, 9.17) is 0 Å². The molecule has 0 radical (unpaired) electrons. The minimum absolute atomic E-state index is 0.0815. The van der Waals surface area contributed by atoms with Gasteiger partial charge in [-0.05, 0) is 31.0 Å². The zero-order chi connectivity index (χ0) is 20.3. The fourth-order valence-electron chi connectivity index (χ4n) is 3.33. The van der Waals surface area contributed by atoms with Crippen LogP contribution in [0.25, 0.3) is 11.0 Å². The molecule has 150 valence electrons. The molecule has 0 unspecified atom stereocenters. The number of hydrogen-bond donors (Lipinski definition) is 1. The van der Waals surface area contributed by atoms with Crippen molar-refractivity contribution in [1.29, 1.82) is 0 Å². The Morgan fingerprint density at radius 2 is 2.11 bits per heavy atom. The summed E-state index contributed by atoms with van der Waals surface area (Å²) in [5, 5.41) is 2.64. The Balaban J connectivity index is 1.86. The number of fused-ring (bicyclic) bond motifs is 1. The lowest BCUT2D eigenvalue weighted by atomic mass is 10.2.